The Bertz CT molecular complexity index is 1140. The predicted octanol–water partition coefficient (Wildman–Crippen LogP) is 4.69. The number of aromatic nitrogens is 2. The molecule has 6 nitrogen and oxygen atoms in total. The van der Waals surface area contributed by atoms with Gasteiger partial charge in [-0.1, -0.05) is 46.6 Å². The van der Waals surface area contributed by atoms with E-state index in [9.17, 15) is 9.90 Å². The van der Waals surface area contributed by atoms with Crippen molar-refractivity contribution >= 4 is 21.8 Å². The summed E-state index contributed by atoms with van der Waals surface area (Å²) in [7, 11) is 1.90. The highest BCUT2D eigenvalue weighted by molar-refractivity contribution is 9.10. The number of carbonyl (C=O) groups is 1. The van der Waals surface area contributed by atoms with Crippen molar-refractivity contribution in [1.82, 2.24) is 14.7 Å². The van der Waals surface area contributed by atoms with Crippen molar-refractivity contribution in [1.29, 1.82) is 0 Å². The van der Waals surface area contributed by atoms with Crippen LogP contribution in [0.1, 0.15) is 47.2 Å². The summed E-state index contributed by atoms with van der Waals surface area (Å²) in [6.07, 6.45) is 6.72. The van der Waals surface area contributed by atoms with Crippen LogP contribution < -0.4 is 4.74 Å². The number of ether oxygens (including phenoxy) is 1. The van der Waals surface area contributed by atoms with E-state index < -0.39 is 6.10 Å². The second-order valence-electron chi connectivity index (χ2n) is 8.67. The van der Waals surface area contributed by atoms with Crippen molar-refractivity contribution in [2.24, 2.45) is 7.05 Å². The molecule has 1 saturated carbocycles. The van der Waals surface area contributed by atoms with Gasteiger partial charge in [0.25, 0.3) is 5.91 Å². The fourth-order valence-electron chi connectivity index (χ4n) is 4.61. The van der Waals surface area contributed by atoms with Crippen LogP contribution in [0.4, 0.5) is 0 Å². The van der Waals surface area contributed by atoms with Gasteiger partial charge in [-0.2, -0.15) is 5.10 Å². The summed E-state index contributed by atoms with van der Waals surface area (Å²) in [6.45, 7) is 1.06. The van der Waals surface area contributed by atoms with E-state index >= 15 is 0 Å². The van der Waals surface area contributed by atoms with Crippen molar-refractivity contribution in [2.75, 3.05) is 0 Å². The van der Waals surface area contributed by atoms with Gasteiger partial charge in [0.05, 0.1) is 17.9 Å². The topological polar surface area (TPSA) is 67.6 Å². The highest BCUT2D eigenvalue weighted by Crippen LogP contribution is 2.38. The van der Waals surface area contributed by atoms with E-state index in [2.05, 4.69) is 45.3 Å². The van der Waals surface area contributed by atoms with Gasteiger partial charge in [0.2, 0.25) is 0 Å². The van der Waals surface area contributed by atoms with Crippen LogP contribution in [0.2, 0.25) is 0 Å². The molecule has 0 radical (unpaired) electrons. The number of fused-ring (bicyclic) bond motifs is 1. The van der Waals surface area contributed by atoms with Crippen molar-refractivity contribution < 1.29 is 14.6 Å². The van der Waals surface area contributed by atoms with E-state index in [1.165, 1.54) is 0 Å². The van der Waals surface area contributed by atoms with Crippen molar-refractivity contribution in [3.63, 3.8) is 0 Å². The standard InChI is InChI=1S/C25H26BrN3O3/c1-28-14-18(12-27-28)17-8-6-16(7-9-17)13-29-15-19-20(26)10-11-23(24(19)25(29)31)32-22-5-3-2-4-21(22)30/h6-12,14,21-22,30H,2-5,13,15H2,1H3/t21-,22-/m0/s1. The summed E-state index contributed by atoms with van der Waals surface area (Å²) in [4.78, 5) is 15.2. The molecule has 1 amide bonds. The molecule has 2 aliphatic rings. The minimum absolute atomic E-state index is 0.0297. The van der Waals surface area contributed by atoms with Crippen molar-refractivity contribution in [2.45, 2.75) is 51.0 Å². The normalized spacial score (nSPS) is 20.5. The zero-order valence-corrected chi connectivity index (χ0v) is 19.6. The Labute approximate surface area is 195 Å². The first kappa shape index (κ1) is 21.2. The largest absolute Gasteiger partial charge is 0.487 e. The molecule has 166 valence electrons. The number of amides is 1. The van der Waals surface area contributed by atoms with E-state index in [4.69, 9.17) is 4.74 Å². The SMILES string of the molecule is Cn1cc(-c2ccc(CN3Cc4c(Br)ccc(O[C@H]5CCCC[C@@H]5O)c4C3=O)cc2)cn1. The molecule has 1 N–H and O–H groups in total. The molecular formula is C25H26BrN3O3. The van der Waals surface area contributed by atoms with Crippen LogP contribution in [-0.4, -0.2) is 37.9 Å². The molecule has 2 aromatic carbocycles. The Morgan fingerprint density at radius 1 is 1.12 bits per heavy atom. The molecule has 32 heavy (non-hydrogen) atoms. The Balaban J connectivity index is 1.34. The Kier molecular flexibility index (Phi) is 5.78. The number of aliphatic hydroxyl groups is 1. The van der Waals surface area contributed by atoms with Gasteiger partial charge in [0.1, 0.15) is 11.9 Å². The number of aliphatic hydroxyl groups excluding tert-OH is 1. The predicted molar refractivity (Wildman–Crippen MR) is 125 cm³/mol. The number of nitrogens with zero attached hydrogens (tertiary/aromatic N) is 3. The molecule has 2 atom stereocenters. The third-order valence-electron chi connectivity index (χ3n) is 6.38. The second kappa shape index (κ2) is 8.71. The first-order valence-corrected chi connectivity index (χ1v) is 11.8. The first-order chi connectivity index (χ1) is 15.5. The molecule has 0 unspecified atom stereocenters. The molecule has 5 rings (SSSR count). The van der Waals surface area contributed by atoms with Crippen molar-refractivity contribution in [3.05, 3.63) is 70.0 Å². The molecule has 7 heteroatoms. The molecule has 1 fully saturated rings. The first-order valence-electron chi connectivity index (χ1n) is 11.0. The van der Waals surface area contributed by atoms with Crippen molar-refractivity contribution in [3.8, 4) is 16.9 Å². The smallest absolute Gasteiger partial charge is 0.258 e. The van der Waals surface area contributed by atoms with Crippen LogP contribution in [0, 0.1) is 0 Å². The molecule has 1 aromatic heterocycles. The van der Waals surface area contributed by atoms with E-state index in [1.807, 2.05) is 36.5 Å². The summed E-state index contributed by atoms with van der Waals surface area (Å²) >= 11 is 3.60. The van der Waals surface area contributed by atoms with Gasteiger partial charge in [-0.15, -0.1) is 0 Å². The van der Waals surface area contributed by atoms with Crippen LogP contribution in [0.3, 0.4) is 0 Å². The van der Waals surface area contributed by atoms with Gasteiger partial charge in [0.15, 0.2) is 0 Å². The Morgan fingerprint density at radius 3 is 2.62 bits per heavy atom. The Hall–Kier alpha value is -2.64. The zero-order chi connectivity index (χ0) is 22.2. The highest BCUT2D eigenvalue weighted by Gasteiger charge is 2.34. The molecule has 0 spiro atoms. The van der Waals surface area contributed by atoms with Gasteiger partial charge in [-0.3, -0.25) is 9.48 Å². The maximum atomic E-state index is 13.3. The van der Waals surface area contributed by atoms with Gasteiger partial charge in [-0.25, -0.2) is 0 Å². The fraction of sp³-hybridized carbons (Fsp3) is 0.360. The summed E-state index contributed by atoms with van der Waals surface area (Å²) in [5, 5.41) is 14.5. The highest BCUT2D eigenvalue weighted by atomic mass is 79.9. The molecule has 3 aromatic rings. The molecular weight excluding hydrogens is 470 g/mol. The van der Waals surface area contributed by atoms with Crippen LogP contribution in [0.25, 0.3) is 11.1 Å². The van der Waals surface area contributed by atoms with Crippen LogP contribution in [0.5, 0.6) is 5.75 Å². The average Bonchev–Trinajstić information content (AvgIpc) is 3.37. The number of halogens is 1. The van der Waals surface area contributed by atoms with Gasteiger partial charge in [0, 0.05) is 41.9 Å². The quantitative estimate of drug-likeness (QED) is 0.557. The minimum atomic E-state index is -0.478. The number of hydrogen-bond acceptors (Lipinski definition) is 4. The fourth-order valence-corrected chi connectivity index (χ4v) is 5.06. The van der Waals surface area contributed by atoms with Gasteiger partial charge in [-0.05, 0) is 42.5 Å². The molecule has 0 bridgehead atoms. The molecule has 0 saturated heterocycles. The summed E-state index contributed by atoms with van der Waals surface area (Å²) < 4.78 is 8.87. The maximum Gasteiger partial charge on any atom is 0.258 e. The number of aryl methyl sites for hydroxylation is 1. The molecule has 1 aliphatic heterocycles. The van der Waals surface area contributed by atoms with E-state index in [1.54, 1.807) is 4.68 Å². The lowest BCUT2D eigenvalue weighted by Crippen LogP contribution is -2.35. The number of benzene rings is 2. The maximum absolute atomic E-state index is 13.3. The third kappa shape index (κ3) is 4.07. The van der Waals surface area contributed by atoms with E-state index in [0.29, 0.717) is 24.4 Å². The van der Waals surface area contributed by atoms with E-state index in [0.717, 1.165) is 52.4 Å². The summed E-state index contributed by atoms with van der Waals surface area (Å²) in [5.74, 6) is 0.548. The van der Waals surface area contributed by atoms with Gasteiger partial charge >= 0.3 is 0 Å². The van der Waals surface area contributed by atoms with Crippen LogP contribution >= 0.6 is 15.9 Å². The number of hydrogen-bond donors (Lipinski definition) is 1. The Morgan fingerprint density at radius 2 is 1.91 bits per heavy atom. The molecule has 2 heterocycles. The van der Waals surface area contributed by atoms with Gasteiger partial charge < -0.3 is 14.7 Å². The number of carbonyl (C=O) groups excluding carboxylic acids is 1. The van der Waals surface area contributed by atoms with Crippen LogP contribution in [-0.2, 0) is 20.1 Å². The summed E-state index contributed by atoms with van der Waals surface area (Å²) in [6, 6.07) is 12.0. The lowest BCUT2D eigenvalue weighted by Gasteiger charge is -2.28. The number of rotatable bonds is 5. The van der Waals surface area contributed by atoms with E-state index in [-0.39, 0.29) is 12.0 Å². The van der Waals surface area contributed by atoms with Crippen LogP contribution in [0.15, 0.2) is 53.3 Å². The third-order valence-corrected chi connectivity index (χ3v) is 7.12. The second-order valence-corrected chi connectivity index (χ2v) is 9.52. The average molecular weight is 496 g/mol. The summed E-state index contributed by atoms with van der Waals surface area (Å²) in [5.41, 5.74) is 4.80. The monoisotopic (exact) mass is 495 g/mol. The lowest BCUT2D eigenvalue weighted by molar-refractivity contribution is 0.00636. The molecule has 1 aliphatic carbocycles. The zero-order valence-electron chi connectivity index (χ0n) is 18.0. The lowest BCUT2D eigenvalue weighted by atomic mass is 9.94. The minimum Gasteiger partial charge on any atom is -0.487 e.